The van der Waals surface area contributed by atoms with E-state index in [1.807, 2.05) is 13.8 Å². The van der Waals surface area contributed by atoms with E-state index < -0.39 is 23.5 Å². The lowest BCUT2D eigenvalue weighted by molar-refractivity contribution is -0.138. The predicted molar refractivity (Wildman–Crippen MR) is 89.8 cm³/mol. The number of aromatic nitrogens is 2. The van der Waals surface area contributed by atoms with Gasteiger partial charge in [0.2, 0.25) is 5.95 Å². The molecule has 0 radical (unpaired) electrons. The van der Waals surface area contributed by atoms with Crippen LogP contribution in [0.15, 0.2) is 42.5 Å². The molecule has 0 fully saturated rings. The van der Waals surface area contributed by atoms with Crippen LogP contribution in [0.3, 0.4) is 0 Å². The lowest BCUT2D eigenvalue weighted by atomic mass is 10.2. The molecule has 0 aliphatic carbocycles. The van der Waals surface area contributed by atoms with Gasteiger partial charge in [0.05, 0.1) is 22.2 Å². The first kappa shape index (κ1) is 19.1. The van der Waals surface area contributed by atoms with E-state index in [0.29, 0.717) is 11.2 Å². The van der Waals surface area contributed by atoms with Crippen molar-refractivity contribution in [3.8, 4) is 0 Å². The summed E-state index contributed by atoms with van der Waals surface area (Å²) in [7, 11) is 0. The van der Waals surface area contributed by atoms with E-state index in [-0.39, 0.29) is 17.5 Å². The maximum Gasteiger partial charge on any atom is 0.416 e. The highest BCUT2D eigenvalue weighted by atomic mass is 19.4. The molecule has 0 aliphatic heterocycles. The molecule has 0 atom stereocenters. The van der Waals surface area contributed by atoms with Crippen molar-refractivity contribution in [3.05, 3.63) is 53.6 Å². The van der Waals surface area contributed by atoms with Gasteiger partial charge >= 0.3 is 12.4 Å². The predicted octanol–water partition coefficient (Wildman–Crippen LogP) is 6.40. The average Bonchev–Trinajstić information content (AvgIpc) is 2.90. The minimum absolute atomic E-state index is 0.135. The van der Waals surface area contributed by atoms with Crippen molar-refractivity contribution in [2.45, 2.75) is 32.2 Å². The molecule has 1 aromatic heterocycles. The van der Waals surface area contributed by atoms with Crippen LogP contribution >= 0.6 is 0 Å². The van der Waals surface area contributed by atoms with E-state index >= 15 is 0 Å². The maximum absolute atomic E-state index is 12.9. The highest BCUT2D eigenvalue weighted by Crippen LogP contribution is 2.34. The minimum atomic E-state index is -4.49. The Hall–Kier alpha value is -2.71. The second kappa shape index (κ2) is 6.47. The number of rotatable bonds is 3. The van der Waals surface area contributed by atoms with Crippen LogP contribution in [-0.4, -0.2) is 9.55 Å². The molecule has 0 saturated heterocycles. The number of anilines is 2. The quantitative estimate of drug-likeness (QED) is 0.527. The Morgan fingerprint density at radius 3 is 1.93 bits per heavy atom. The number of benzene rings is 2. The van der Waals surface area contributed by atoms with Gasteiger partial charge < -0.3 is 9.88 Å². The first-order chi connectivity index (χ1) is 12.5. The number of hydrogen-bond acceptors (Lipinski definition) is 2. The summed E-state index contributed by atoms with van der Waals surface area (Å²) in [5, 5.41) is 2.88. The van der Waals surface area contributed by atoms with Gasteiger partial charge in [-0.05, 0) is 56.3 Å². The summed E-state index contributed by atoms with van der Waals surface area (Å²) in [6.07, 6.45) is -8.94. The molecule has 2 aromatic carbocycles. The Labute approximate surface area is 150 Å². The number of nitrogens with zero attached hydrogens (tertiary/aromatic N) is 2. The monoisotopic (exact) mass is 387 g/mol. The zero-order valence-corrected chi connectivity index (χ0v) is 14.3. The van der Waals surface area contributed by atoms with Crippen molar-refractivity contribution < 1.29 is 26.3 Å². The molecule has 0 bridgehead atoms. The molecular weight excluding hydrogens is 372 g/mol. The summed E-state index contributed by atoms with van der Waals surface area (Å²) in [5.41, 5.74) is -0.624. The van der Waals surface area contributed by atoms with Gasteiger partial charge in [-0.3, -0.25) is 0 Å². The Bertz CT molecular complexity index is 952. The third-order valence-electron chi connectivity index (χ3n) is 4.00. The molecule has 9 heteroatoms. The van der Waals surface area contributed by atoms with Crippen molar-refractivity contribution in [1.82, 2.24) is 9.55 Å². The van der Waals surface area contributed by atoms with Crippen LogP contribution in [0.5, 0.6) is 0 Å². The number of nitrogens with one attached hydrogen (secondary N) is 1. The lowest BCUT2D eigenvalue weighted by Gasteiger charge is -2.15. The SMILES string of the molecule is CC(C)n1c(Nc2ccc(C(F)(F)F)cc2)nc2cc(C(F)(F)F)ccc21. The second-order valence-electron chi connectivity index (χ2n) is 6.30. The molecule has 0 aliphatic rings. The van der Waals surface area contributed by atoms with E-state index in [9.17, 15) is 26.3 Å². The van der Waals surface area contributed by atoms with Crippen LogP contribution in [0.2, 0.25) is 0 Å². The summed E-state index contributed by atoms with van der Waals surface area (Å²) in [5.74, 6) is 0.249. The van der Waals surface area contributed by atoms with Gasteiger partial charge in [0, 0.05) is 11.7 Å². The molecule has 144 valence electrons. The molecule has 0 amide bonds. The molecule has 0 saturated carbocycles. The number of imidazole rings is 1. The van der Waals surface area contributed by atoms with Gasteiger partial charge in [-0.1, -0.05) is 0 Å². The second-order valence-corrected chi connectivity index (χ2v) is 6.30. The number of halogens is 6. The largest absolute Gasteiger partial charge is 0.416 e. The third-order valence-corrected chi connectivity index (χ3v) is 4.00. The molecule has 0 spiro atoms. The maximum atomic E-state index is 12.9. The molecule has 27 heavy (non-hydrogen) atoms. The number of alkyl halides is 6. The normalized spacial score (nSPS) is 12.8. The van der Waals surface area contributed by atoms with E-state index in [1.165, 1.54) is 18.2 Å². The van der Waals surface area contributed by atoms with Gasteiger partial charge in [-0.2, -0.15) is 26.3 Å². The summed E-state index contributed by atoms with van der Waals surface area (Å²) < 4.78 is 78.4. The lowest BCUT2D eigenvalue weighted by Crippen LogP contribution is -2.07. The minimum Gasteiger partial charge on any atom is -0.326 e. The summed E-state index contributed by atoms with van der Waals surface area (Å²) >= 11 is 0. The van der Waals surface area contributed by atoms with Crippen LogP contribution in [0.25, 0.3) is 11.0 Å². The number of hydrogen-bond donors (Lipinski definition) is 1. The van der Waals surface area contributed by atoms with Crippen molar-refractivity contribution in [3.63, 3.8) is 0 Å². The van der Waals surface area contributed by atoms with E-state index in [0.717, 1.165) is 24.3 Å². The fourth-order valence-corrected chi connectivity index (χ4v) is 2.76. The Morgan fingerprint density at radius 2 is 1.41 bits per heavy atom. The van der Waals surface area contributed by atoms with Crippen LogP contribution in [0.1, 0.15) is 31.0 Å². The first-order valence-corrected chi connectivity index (χ1v) is 8.00. The van der Waals surface area contributed by atoms with Gasteiger partial charge in [0.25, 0.3) is 0 Å². The zero-order valence-electron chi connectivity index (χ0n) is 14.3. The van der Waals surface area contributed by atoms with E-state index in [2.05, 4.69) is 10.3 Å². The van der Waals surface area contributed by atoms with Crippen molar-refractivity contribution in [2.24, 2.45) is 0 Å². The zero-order chi connectivity index (χ0) is 20.0. The van der Waals surface area contributed by atoms with Gasteiger partial charge in [0.15, 0.2) is 0 Å². The summed E-state index contributed by atoms with van der Waals surface area (Å²) in [6.45, 7) is 3.66. The van der Waals surface area contributed by atoms with Gasteiger partial charge in [-0.15, -0.1) is 0 Å². The summed E-state index contributed by atoms with van der Waals surface area (Å²) in [4.78, 5) is 4.20. The van der Waals surface area contributed by atoms with Crippen LogP contribution in [0.4, 0.5) is 38.0 Å². The topological polar surface area (TPSA) is 29.9 Å². The Morgan fingerprint density at radius 1 is 0.852 bits per heavy atom. The Kier molecular flexibility index (Phi) is 4.57. The number of fused-ring (bicyclic) bond motifs is 1. The average molecular weight is 387 g/mol. The smallest absolute Gasteiger partial charge is 0.326 e. The van der Waals surface area contributed by atoms with Crippen molar-refractivity contribution in [1.29, 1.82) is 0 Å². The molecular formula is C18H15F6N3. The van der Waals surface area contributed by atoms with E-state index in [4.69, 9.17) is 0 Å². The first-order valence-electron chi connectivity index (χ1n) is 8.00. The third kappa shape index (κ3) is 3.86. The molecule has 3 nitrogen and oxygen atoms in total. The van der Waals surface area contributed by atoms with Crippen molar-refractivity contribution >= 4 is 22.7 Å². The molecule has 1 heterocycles. The molecule has 0 unspecified atom stereocenters. The summed E-state index contributed by atoms with van der Waals surface area (Å²) in [6, 6.07) is 7.46. The van der Waals surface area contributed by atoms with Gasteiger partial charge in [0.1, 0.15) is 0 Å². The fraction of sp³-hybridized carbons (Fsp3) is 0.278. The van der Waals surface area contributed by atoms with Crippen LogP contribution in [-0.2, 0) is 12.4 Å². The standard InChI is InChI=1S/C18H15F6N3/c1-10(2)27-15-8-5-12(18(22,23)24)9-14(15)26-16(27)25-13-6-3-11(4-7-13)17(19,20)21/h3-10H,1-2H3,(H,25,26). The van der Waals surface area contributed by atoms with Crippen LogP contribution < -0.4 is 5.32 Å². The van der Waals surface area contributed by atoms with Crippen LogP contribution in [0, 0.1) is 0 Å². The molecule has 3 rings (SSSR count). The van der Waals surface area contributed by atoms with E-state index in [1.54, 1.807) is 4.57 Å². The molecule has 1 N–H and O–H groups in total. The molecule has 3 aromatic rings. The Balaban J connectivity index is 2.01. The van der Waals surface area contributed by atoms with Crippen molar-refractivity contribution in [2.75, 3.05) is 5.32 Å². The highest BCUT2D eigenvalue weighted by Gasteiger charge is 2.31. The fourth-order valence-electron chi connectivity index (χ4n) is 2.76. The van der Waals surface area contributed by atoms with Gasteiger partial charge in [-0.25, -0.2) is 4.98 Å². The highest BCUT2D eigenvalue weighted by molar-refractivity contribution is 5.81.